The van der Waals surface area contributed by atoms with Crippen LogP contribution in [-0.4, -0.2) is 28.6 Å². The number of nitrogens with zero attached hydrogens (tertiary/aromatic N) is 1. The van der Waals surface area contributed by atoms with Gasteiger partial charge in [0.05, 0.1) is 6.04 Å². The van der Waals surface area contributed by atoms with Crippen molar-refractivity contribution in [1.29, 1.82) is 0 Å². The number of H-pyrrole nitrogens is 1. The van der Waals surface area contributed by atoms with E-state index in [2.05, 4.69) is 4.98 Å². The van der Waals surface area contributed by atoms with Gasteiger partial charge in [0.2, 0.25) is 0 Å². The van der Waals surface area contributed by atoms with E-state index in [4.69, 9.17) is 11.6 Å². The Labute approximate surface area is 141 Å². The van der Waals surface area contributed by atoms with Crippen LogP contribution >= 0.6 is 11.6 Å². The van der Waals surface area contributed by atoms with Crippen LogP contribution in [0.3, 0.4) is 0 Å². The minimum atomic E-state index is -0.148. The number of halogens is 1. The molecule has 0 spiro atoms. The minimum Gasteiger partial charge on any atom is -0.354 e. The zero-order valence-corrected chi connectivity index (χ0v) is 14.8. The summed E-state index contributed by atoms with van der Waals surface area (Å²) in [6.07, 6.45) is 0. The van der Waals surface area contributed by atoms with Gasteiger partial charge in [-0.1, -0.05) is 23.7 Å². The van der Waals surface area contributed by atoms with Gasteiger partial charge in [-0.25, -0.2) is 0 Å². The van der Waals surface area contributed by atoms with Gasteiger partial charge in [-0.05, 0) is 51.0 Å². The summed E-state index contributed by atoms with van der Waals surface area (Å²) < 4.78 is 0. The quantitative estimate of drug-likeness (QED) is 0.848. The number of aryl methyl sites for hydroxylation is 1. The molecule has 1 amide bonds. The second-order valence-electron chi connectivity index (χ2n) is 5.83. The molecule has 2 rings (SSSR count). The molecule has 1 N–H and O–H groups in total. The van der Waals surface area contributed by atoms with Gasteiger partial charge in [0.1, 0.15) is 5.69 Å². The number of carbonyl (C=O) groups excluding carboxylic acids is 2. The van der Waals surface area contributed by atoms with E-state index in [1.165, 1.54) is 6.92 Å². The van der Waals surface area contributed by atoms with Crippen LogP contribution in [-0.2, 0) is 0 Å². The molecule has 4 nitrogen and oxygen atoms in total. The molecule has 0 saturated heterocycles. The summed E-state index contributed by atoms with van der Waals surface area (Å²) in [6.45, 7) is 7.06. The smallest absolute Gasteiger partial charge is 0.270 e. The van der Waals surface area contributed by atoms with Crippen molar-refractivity contribution in [3.8, 4) is 0 Å². The van der Waals surface area contributed by atoms with E-state index in [0.717, 1.165) is 11.3 Å². The number of ketones is 1. The van der Waals surface area contributed by atoms with Gasteiger partial charge < -0.3 is 9.88 Å². The highest BCUT2D eigenvalue weighted by Crippen LogP contribution is 2.25. The van der Waals surface area contributed by atoms with Crippen LogP contribution in [0.25, 0.3) is 0 Å². The molecular formula is C18H21ClN2O2. The molecule has 1 aromatic carbocycles. The van der Waals surface area contributed by atoms with Crippen molar-refractivity contribution in [2.45, 2.75) is 33.7 Å². The number of carbonyl (C=O) groups is 2. The van der Waals surface area contributed by atoms with Crippen LogP contribution in [0, 0.1) is 13.8 Å². The van der Waals surface area contributed by atoms with Gasteiger partial charge in [0.25, 0.3) is 5.91 Å². The van der Waals surface area contributed by atoms with E-state index in [1.807, 2.05) is 25.1 Å². The third kappa shape index (κ3) is 3.32. The predicted molar refractivity (Wildman–Crippen MR) is 92.2 cm³/mol. The van der Waals surface area contributed by atoms with Gasteiger partial charge in [0, 0.05) is 23.3 Å². The minimum absolute atomic E-state index is 0.0409. The lowest BCUT2D eigenvalue weighted by molar-refractivity contribution is 0.0736. The molecule has 0 aliphatic rings. The molecule has 0 fully saturated rings. The van der Waals surface area contributed by atoms with E-state index >= 15 is 0 Å². The molecule has 1 heterocycles. The van der Waals surface area contributed by atoms with E-state index in [0.29, 0.717) is 21.8 Å². The summed E-state index contributed by atoms with van der Waals surface area (Å²) >= 11 is 6.03. The number of amides is 1. The summed E-state index contributed by atoms with van der Waals surface area (Å²) in [6, 6.07) is 7.32. The topological polar surface area (TPSA) is 53.2 Å². The lowest BCUT2D eigenvalue weighted by Gasteiger charge is -2.25. The Morgan fingerprint density at radius 2 is 1.91 bits per heavy atom. The number of benzene rings is 1. The van der Waals surface area contributed by atoms with Crippen LogP contribution in [0.4, 0.5) is 0 Å². The Bertz CT molecular complexity index is 764. The lowest BCUT2D eigenvalue weighted by Crippen LogP contribution is -2.30. The maximum absolute atomic E-state index is 12.8. The first-order valence-corrected chi connectivity index (χ1v) is 7.84. The zero-order chi connectivity index (χ0) is 17.3. The van der Waals surface area contributed by atoms with Crippen LogP contribution in [0.5, 0.6) is 0 Å². The highest BCUT2D eigenvalue weighted by Gasteiger charge is 2.25. The number of aromatic amines is 1. The average molecular weight is 333 g/mol. The summed E-state index contributed by atoms with van der Waals surface area (Å²) in [4.78, 5) is 29.2. The molecule has 1 atom stereocenters. The molecule has 1 unspecified atom stereocenters. The first-order chi connectivity index (χ1) is 10.7. The molecule has 0 saturated carbocycles. The van der Waals surface area contributed by atoms with Crippen molar-refractivity contribution < 1.29 is 9.59 Å². The second kappa shape index (κ2) is 6.59. The van der Waals surface area contributed by atoms with Crippen LogP contribution < -0.4 is 0 Å². The Morgan fingerprint density at radius 3 is 2.43 bits per heavy atom. The standard InChI is InChI=1S/C18H21ClN2O2/c1-10-16(13(4)22)11(2)20-17(10)18(23)21(5)12(3)14-7-6-8-15(19)9-14/h6-9,12,20H,1-5H3. The molecule has 0 aliphatic carbocycles. The third-order valence-corrected chi connectivity index (χ3v) is 4.47. The fourth-order valence-electron chi connectivity index (χ4n) is 2.83. The molecule has 0 radical (unpaired) electrons. The second-order valence-corrected chi connectivity index (χ2v) is 6.26. The Morgan fingerprint density at radius 1 is 1.26 bits per heavy atom. The molecule has 5 heteroatoms. The molecule has 23 heavy (non-hydrogen) atoms. The van der Waals surface area contributed by atoms with E-state index in [9.17, 15) is 9.59 Å². The highest BCUT2D eigenvalue weighted by molar-refractivity contribution is 6.30. The molecule has 0 bridgehead atoms. The van der Waals surface area contributed by atoms with Crippen molar-refractivity contribution in [3.63, 3.8) is 0 Å². The number of hydrogen-bond donors (Lipinski definition) is 1. The maximum Gasteiger partial charge on any atom is 0.270 e. The lowest BCUT2D eigenvalue weighted by atomic mass is 10.0. The number of rotatable bonds is 4. The first kappa shape index (κ1) is 17.3. The first-order valence-electron chi connectivity index (χ1n) is 7.46. The fourth-order valence-corrected chi connectivity index (χ4v) is 3.03. The Hall–Kier alpha value is -2.07. The van der Waals surface area contributed by atoms with E-state index < -0.39 is 0 Å². The summed E-state index contributed by atoms with van der Waals surface area (Å²) in [5.74, 6) is -0.189. The maximum atomic E-state index is 12.8. The van der Waals surface area contributed by atoms with Crippen LogP contribution in [0.1, 0.15) is 57.6 Å². The van der Waals surface area contributed by atoms with Crippen molar-refractivity contribution in [2.75, 3.05) is 7.05 Å². The van der Waals surface area contributed by atoms with Crippen LogP contribution in [0.15, 0.2) is 24.3 Å². The predicted octanol–water partition coefficient (Wildman–Crippen LogP) is 4.32. The number of Topliss-reactive ketones (excluding diaryl/α,β-unsaturated/α-hetero) is 1. The molecule has 0 aliphatic heterocycles. The molecule has 2 aromatic rings. The summed E-state index contributed by atoms with van der Waals surface area (Å²) in [5, 5.41) is 0.640. The van der Waals surface area contributed by atoms with Gasteiger partial charge >= 0.3 is 0 Å². The SMILES string of the molecule is CC(=O)c1c(C)[nH]c(C(=O)N(C)C(C)c2cccc(Cl)c2)c1C. The monoisotopic (exact) mass is 332 g/mol. The number of nitrogens with one attached hydrogen (secondary N) is 1. The third-order valence-electron chi connectivity index (χ3n) is 4.24. The summed E-state index contributed by atoms with van der Waals surface area (Å²) in [5.41, 5.74) is 3.44. The van der Waals surface area contributed by atoms with Gasteiger partial charge in [-0.2, -0.15) is 0 Å². The highest BCUT2D eigenvalue weighted by atomic mass is 35.5. The molecule has 1 aromatic heterocycles. The number of hydrogen-bond acceptors (Lipinski definition) is 2. The average Bonchev–Trinajstić information content (AvgIpc) is 2.79. The van der Waals surface area contributed by atoms with E-state index in [-0.39, 0.29) is 17.7 Å². The normalized spacial score (nSPS) is 12.1. The largest absolute Gasteiger partial charge is 0.354 e. The van der Waals surface area contributed by atoms with Crippen molar-refractivity contribution in [2.24, 2.45) is 0 Å². The van der Waals surface area contributed by atoms with Crippen molar-refractivity contribution in [3.05, 3.63) is 57.4 Å². The van der Waals surface area contributed by atoms with Crippen molar-refractivity contribution >= 4 is 23.3 Å². The zero-order valence-electron chi connectivity index (χ0n) is 14.0. The van der Waals surface area contributed by atoms with Crippen molar-refractivity contribution in [1.82, 2.24) is 9.88 Å². The van der Waals surface area contributed by atoms with Gasteiger partial charge in [0.15, 0.2) is 5.78 Å². The van der Waals surface area contributed by atoms with E-state index in [1.54, 1.807) is 31.9 Å². The Kier molecular flexibility index (Phi) is 4.95. The van der Waals surface area contributed by atoms with Gasteiger partial charge in [-0.15, -0.1) is 0 Å². The van der Waals surface area contributed by atoms with Crippen LogP contribution in [0.2, 0.25) is 5.02 Å². The molecular weight excluding hydrogens is 312 g/mol. The molecule has 122 valence electrons. The Balaban J connectivity index is 2.33. The summed E-state index contributed by atoms with van der Waals surface area (Å²) in [7, 11) is 1.75. The fraction of sp³-hybridized carbons (Fsp3) is 0.333. The van der Waals surface area contributed by atoms with Gasteiger partial charge in [-0.3, -0.25) is 9.59 Å². The number of aromatic nitrogens is 1.